The topological polar surface area (TPSA) is 15.3 Å². The summed E-state index contributed by atoms with van der Waals surface area (Å²) >= 11 is 12.3. The highest BCUT2D eigenvalue weighted by Gasteiger charge is 2.23. The molecule has 0 saturated carbocycles. The molecule has 0 aromatic heterocycles. The number of nitrogens with one attached hydrogen (secondary N) is 1. The van der Waals surface area contributed by atoms with Crippen molar-refractivity contribution in [1.82, 2.24) is 5.32 Å². The first-order chi connectivity index (χ1) is 8.09. The van der Waals surface area contributed by atoms with Gasteiger partial charge in [-0.3, -0.25) is 0 Å². The van der Waals surface area contributed by atoms with E-state index in [2.05, 4.69) is 24.1 Å². The summed E-state index contributed by atoms with van der Waals surface area (Å²) in [5.41, 5.74) is 1.05. The van der Waals surface area contributed by atoms with Gasteiger partial charge in [0, 0.05) is 25.7 Å². The summed E-state index contributed by atoms with van der Waals surface area (Å²) in [5, 5.41) is 4.83. The number of piperazine rings is 1. The summed E-state index contributed by atoms with van der Waals surface area (Å²) in [6.07, 6.45) is 0. The van der Waals surface area contributed by atoms with Crippen molar-refractivity contribution in [2.45, 2.75) is 19.9 Å². The molecule has 0 bridgehead atoms. The van der Waals surface area contributed by atoms with Gasteiger partial charge in [-0.15, -0.1) is 0 Å². The van der Waals surface area contributed by atoms with Gasteiger partial charge in [-0.25, -0.2) is 0 Å². The Morgan fingerprint density at radius 1 is 1.35 bits per heavy atom. The van der Waals surface area contributed by atoms with Gasteiger partial charge in [0.05, 0.1) is 15.7 Å². The summed E-state index contributed by atoms with van der Waals surface area (Å²) in [6.45, 7) is 7.42. The summed E-state index contributed by atoms with van der Waals surface area (Å²) < 4.78 is 0. The second-order valence-corrected chi connectivity index (χ2v) is 5.61. The Kier molecular flexibility index (Phi) is 4.18. The van der Waals surface area contributed by atoms with Crippen LogP contribution in [0.25, 0.3) is 0 Å². The third kappa shape index (κ3) is 2.87. The Morgan fingerprint density at radius 3 is 2.82 bits per heavy atom. The summed E-state index contributed by atoms with van der Waals surface area (Å²) in [4.78, 5) is 2.31. The minimum absolute atomic E-state index is 0.513. The number of hydrogen-bond acceptors (Lipinski definition) is 2. The molecule has 1 aromatic carbocycles. The molecular formula is C13H18Cl2N2. The van der Waals surface area contributed by atoms with Crippen molar-refractivity contribution in [2.24, 2.45) is 5.92 Å². The Hall–Kier alpha value is -0.440. The molecule has 1 aliphatic heterocycles. The molecule has 1 N–H and O–H groups in total. The largest absolute Gasteiger partial charge is 0.367 e. The van der Waals surface area contributed by atoms with E-state index in [9.17, 15) is 0 Å². The normalized spacial score (nSPS) is 21.0. The summed E-state index contributed by atoms with van der Waals surface area (Å²) in [6, 6.07) is 6.33. The Morgan fingerprint density at radius 2 is 2.12 bits per heavy atom. The maximum Gasteiger partial charge on any atom is 0.0825 e. The van der Waals surface area contributed by atoms with Gasteiger partial charge in [0.15, 0.2) is 0 Å². The average Bonchev–Trinajstić information content (AvgIpc) is 2.33. The van der Waals surface area contributed by atoms with Gasteiger partial charge in [-0.05, 0) is 18.1 Å². The first-order valence-corrected chi connectivity index (χ1v) is 6.77. The van der Waals surface area contributed by atoms with Gasteiger partial charge < -0.3 is 10.2 Å². The minimum Gasteiger partial charge on any atom is -0.367 e. The molecule has 1 fully saturated rings. The molecule has 1 unspecified atom stereocenters. The first kappa shape index (κ1) is 13.0. The molecule has 0 aliphatic carbocycles. The molecule has 1 atom stereocenters. The first-order valence-electron chi connectivity index (χ1n) is 6.02. The van der Waals surface area contributed by atoms with Gasteiger partial charge >= 0.3 is 0 Å². The lowest BCUT2D eigenvalue weighted by molar-refractivity contribution is 0.368. The van der Waals surface area contributed by atoms with Gasteiger partial charge in [0.1, 0.15) is 0 Å². The van der Waals surface area contributed by atoms with E-state index in [1.165, 1.54) is 0 Å². The van der Waals surface area contributed by atoms with Gasteiger partial charge in [-0.2, -0.15) is 0 Å². The molecule has 94 valence electrons. The summed E-state index contributed by atoms with van der Waals surface area (Å²) in [7, 11) is 0. The lowest BCUT2D eigenvalue weighted by Gasteiger charge is -2.37. The molecular weight excluding hydrogens is 255 g/mol. The van der Waals surface area contributed by atoms with E-state index in [0.29, 0.717) is 22.0 Å². The predicted octanol–water partition coefficient (Wildman–Crippen LogP) is 3.43. The lowest BCUT2D eigenvalue weighted by atomic mass is 10.0. The van der Waals surface area contributed by atoms with E-state index < -0.39 is 0 Å². The monoisotopic (exact) mass is 272 g/mol. The third-order valence-corrected chi connectivity index (χ3v) is 4.09. The molecule has 0 amide bonds. The average molecular weight is 273 g/mol. The van der Waals surface area contributed by atoms with Crippen LogP contribution in [-0.4, -0.2) is 25.7 Å². The van der Waals surface area contributed by atoms with Gasteiger partial charge in [0.2, 0.25) is 0 Å². The molecule has 1 heterocycles. The molecule has 1 aliphatic rings. The van der Waals surface area contributed by atoms with Crippen molar-refractivity contribution in [3.63, 3.8) is 0 Å². The van der Waals surface area contributed by atoms with E-state index in [1.807, 2.05) is 18.2 Å². The van der Waals surface area contributed by atoms with Gasteiger partial charge in [0.25, 0.3) is 0 Å². The van der Waals surface area contributed by atoms with Crippen molar-refractivity contribution in [1.29, 1.82) is 0 Å². The fraction of sp³-hybridized carbons (Fsp3) is 0.538. The number of nitrogens with zero attached hydrogens (tertiary/aromatic N) is 1. The van der Waals surface area contributed by atoms with Crippen molar-refractivity contribution < 1.29 is 0 Å². The molecule has 17 heavy (non-hydrogen) atoms. The van der Waals surface area contributed by atoms with E-state index in [0.717, 1.165) is 25.3 Å². The van der Waals surface area contributed by atoms with Crippen LogP contribution in [0.15, 0.2) is 18.2 Å². The highest BCUT2D eigenvalue weighted by molar-refractivity contribution is 6.43. The zero-order valence-electron chi connectivity index (χ0n) is 10.2. The van der Waals surface area contributed by atoms with Crippen LogP contribution >= 0.6 is 23.2 Å². The molecule has 1 saturated heterocycles. The van der Waals surface area contributed by atoms with E-state index in [4.69, 9.17) is 23.2 Å². The highest BCUT2D eigenvalue weighted by atomic mass is 35.5. The Bertz CT molecular complexity index is 393. The van der Waals surface area contributed by atoms with Crippen LogP contribution in [0.2, 0.25) is 10.0 Å². The highest BCUT2D eigenvalue weighted by Crippen LogP contribution is 2.33. The third-order valence-electron chi connectivity index (χ3n) is 3.28. The van der Waals surface area contributed by atoms with Crippen molar-refractivity contribution >= 4 is 28.9 Å². The maximum atomic E-state index is 6.26. The minimum atomic E-state index is 0.513. The van der Waals surface area contributed by atoms with Crippen LogP contribution in [0.4, 0.5) is 5.69 Å². The zero-order chi connectivity index (χ0) is 12.4. The Balaban J connectivity index is 2.19. The number of halogens is 2. The zero-order valence-corrected chi connectivity index (χ0v) is 11.7. The number of anilines is 1. The standard InChI is InChI=1S/C13H18Cl2N2/c1-9(2)11-8-17(7-6-16-11)12-5-3-4-10(14)13(12)15/h3-5,9,11,16H,6-8H2,1-2H3. The van der Waals surface area contributed by atoms with Gasteiger partial charge in [-0.1, -0.05) is 43.1 Å². The second-order valence-electron chi connectivity index (χ2n) is 4.82. The smallest absolute Gasteiger partial charge is 0.0825 e. The van der Waals surface area contributed by atoms with Crippen molar-refractivity contribution in [3.05, 3.63) is 28.2 Å². The van der Waals surface area contributed by atoms with Crippen molar-refractivity contribution in [3.8, 4) is 0 Å². The molecule has 0 radical (unpaired) electrons. The molecule has 4 heteroatoms. The molecule has 0 spiro atoms. The van der Waals surface area contributed by atoms with Crippen LogP contribution < -0.4 is 10.2 Å². The lowest BCUT2D eigenvalue weighted by Crippen LogP contribution is -2.53. The molecule has 2 nitrogen and oxygen atoms in total. The summed E-state index contributed by atoms with van der Waals surface area (Å²) in [5.74, 6) is 0.621. The maximum absolute atomic E-state index is 6.26. The van der Waals surface area contributed by atoms with E-state index in [1.54, 1.807) is 0 Å². The van der Waals surface area contributed by atoms with Crippen LogP contribution in [-0.2, 0) is 0 Å². The van der Waals surface area contributed by atoms with E-state index >= 15 is 0 Å². The number of hydrogen-bond donors (Lipinski definition) is 1. The second kappa shape index (κ2) is 5.47. The van der Waals surface area contributed by atoms with Crippen LogP contribution in [0, 0.1) is 5.92 Å². The predicted molar refractivity (Wildman–Crippen MR) is 75.3 cm³/mol. The van der Waals surface area contributed by atoms with Crippen LogP contribution in [0.1, 0.15) is 13.8 Å². The fourth-order valence-electron chi connectivity index (χ4n) is 2.18. The molecule has 2 rings (SSSR count). The SMILES string of the molecule is CC(C)C1CN(c2cccc(Cl)c2Cl)CCN1. The number of rotatable bonds is 2. The quantitative estimate of drug-likeness (QED) is 0.888. The van der Waals surface area contributed by atoms with Crippen molar-refractivity contribution in [2.75, 3.05) is 24.5 Å². The number of benzene rings is 1. The Labute approximate surface area is 113 Å². The van der Waals surface area contributed by atoms with Crippen LogP contribution in [0.5, 0.6) is 0 Å². The van der Waals surface area contributed by atoms with E-state index in [-0.39, 0.29) is 0 Å². The van der Waals surface area contributed by atoms with Crippen LogP contribution in [0.3, 0.4) is 0 Å². The fourth-order valence-corrected chi connectivity index (χ4v) is 2.60. The molecule has 1 aromatic rings.